The van der Waals surface area contributed by atoms with E-state index >= 15 is 0 Å². The molecule has 0 aliphatic rings. The molecule has 0 fully saturated rings. The molecule has 0 aromatic heterocycles. The number of aliphatic hydroxyl groups excluding tert-OH is 1. The summed E-state index contributed by atoms with van der Waals surface area (Å²) in [6.45, 7) is 1.28. The van der Waals surface area contributed by atoms with Gasteiger partial charge in [-0.3, -0.25) is 4.79 Å². The molecule has 0 heterocycles. The van der Waals surface area contributed by atoms with Crippen molar-refractivity contribution in [2.45, 2.75) is 6.92 Å². The van der Waals surface area contributed by atoms with Crippen LogP contribution in [0.25, 0.3) is 0 Å². The van der Waals surface area contributed by atoms with Gasteiger partial charge < -0.3 is 9.84 Å². The number of carbonyl (C=O) groups is 1. The topological polar surface area (TPSA) is 80.7 Å². The molecule has 6 heteroatoms. The highest BCUT2D eigenvalue weighted by molar-refractivity contribution is 7.92. The Morgan fingerprint density at radius 2 is 2.08 bits per heavy atom. The molecule has 0 saturated heterocycles. The maximum Gasteiger partial charge on any atom is 0.321 e. The fourth-order valence-electron chi connectivity index (χ4n) is 0.593. The monoisotopic (exact) mass is 196 g/mol. The number of esters is 1. The minimum atomic E-state index is -3.48. The Morgan fingerprint density at radius 1 is 1.50 bits per heavy atom. The second-order valence-electron chi connectivity index (χ2n) is 2.12. The Morgan fingerprint density at radius 3 is 2.50 bits per heavy atom. The fourth-order valence-corrected chi connectivity index (χ4v) is 1.46. The standard InChI is InChI=1S/C6H12O5S/c1-2-11-6(8)5-12(9,10)4-3-7/h7H,2-5H2,1H3. The summed E-state index contributed by atoms with van der Waals surface area (Å²) in [4.78, 5) is 10.7. The molecule has 72 valence electrons. The quantitative estimate of drug-likeness (QED) is 0.568. The lowest BCUT2D eigenvalue weighted by molar-refractivity contribution is -0.139. The molecule has 0 bridgehead atoms. The van der Waals surface area contributed by atoms with E-state index in [1.54, 1.807) is 6.92 Å². The van der Waals surface area contributed by atoms with E-state index in [0.717, 1.165) is 0 Å². The van der Waals surface area contributed by atoms with E-state index in [2.05, 4.69) is 4.74 Å². The first-order valence-corrected chi connectivity index (χ1v) is 5.31. The van der Waals surface area contributed by atoms with Gasteiger partial charge >= 0.3 is 5.97 Å². The summed E-state index contributed by atoms with van der Waals surface area (Å²) in [5.74, 6) is -1.82. The maximum absolute atomic E-state index is 10.9. The normalized spacial score (nSPS) is 11.2. The van der Waals surface area contributed by atoms with Crippen molar-refractivity contribution in [2.75, 3.05) is 24.7 Å². The van der Waals surface area contributed by atoms with E-state index in [0.29, 0.717) is 0 Å². The van der Waals surface area contributed by atoms with Gasteiger partial charge in [-0.15, -0.1) is 0 Å². The van der Waals surface area contributed by atoms with Gasteiger partial charge in [0.1, 0.15) is 5.75 Å². The van der Waals surface area contributed by atoms with E-state index in [1.165, 1.54) is 0 Å². The van der Waals surface area contributed by atoms with Gasteiger partial charge in [-0.1, -0.05) is 0 Å². The maximum atomic E-state index is 10.9. The van der Waals surface area contributed by atoms with Crippen LogP contribution in [-0.2, 0) is 19.4 Å². The third kappa shape index (κ3) is 5.09. The van der Waals surface area contributed by atoms with Crippen molar-refractivity contribution < 1.29 is 23.1 Å². The molecule has 12 heavy (non-hydrogen) atoms. The summed E-state index contributed by atoms with van der Waals surface area (Å²) in [6.07, 6.45) is 0. The Kier molecular flexibility index (Phi) is 4.84. The molecule has 0 rings (SSSR count). The molecule has 0 aromatic rings. The van der Waals surface area contributed by atoms with Crippen LogP contribution in [0.5, 0.6) is 0 Å². The first-order chi connectivity index (χ1) is 5.52. The van der Waals surface area contributed by atoms with E-state index < -0.39 is 33.9 Å². The number of hydrogen-bond donors (Lipinski definition) is 1. The molecule has 0 saturated carbocycles. The van der Waals surface area contributed by atoms with E-state index in [-0.39, 0.29) is 6.61 Å². The van der Waals surface area contributed by atoms with Gasteiger partial charge in [-0.2, -0.15) is 0 Å². The second kappa shape index (κ2) is 5.10. The summed E-state index contributed by atoms with van der Waals surface area (Å²) in [5.41, 5.74) is 0. The number of rotatable bonds is 5. The molecule has 0 aliphatic carbocycles. The smallest absolute Gasteiger partial charge is 0.321 e. The minimum absolute atomic E-state index is 0.160. The van der Waals surface area contributed by atoms with Crippen LogP contribution in [0.2, 0.25) is 0 Å². The molecule has 0 atom stereocenters. The number of carbonyl (C=O) groups excluding carboxylic acids is 1. The minimum Gasteiger partial charge on any atom is -0.465 e. The van der Waals surface area contributed by atoms with Gasteiger partial charge in [0.15, 0.2) is 9.84 Å². The highest BCUT2D eigenvalue weighted by Gasteiger charge is 2.16. The van der Waals surface area contributed by atoms with E-state index in [9.17, 15) is 13.2 Å². The Hall–Kier alpha value is -0.620. The zero-order valence-corrected chi connectivity index (χ0v) is 7.63. The van der Waals surface area contributed by atoms with Gasteiger partial charge in [-0.25, -0.2) is 8.42 Å². The van der Waals surface area contributed by atoms with Crippen molar-refractivity contribution in [3.8, 4) is 0 Å². The SMILES string of the molecule is CCOC(=O)CS(=O)(=O)CCO. The van der Waals surface area contributed by atoms with Crippen LogP contribution in [0.3, 0.4) is 0 Å². The molecule has 0 spiro atoms. The lowest BCUT2D eigenvalue weighted by Gasteiger charge is -2.01. The molecule has 0 amide bonds. The van der Waals surface area contributed by atoms with Crippen LogP contribution in [0, 0.1) is 0 Å². The predicted octanol–water partition coefficient (Wildman–Crippen LogP) is -1.04. The third-order valence-electron chi connectivity index (χ3n) is 1.05. The summed E-state index contributed by atoms with van der Waals surface area (Å²) in [7, 11) is -3.48. The average molecular weight is 196 g/mol. The largest absolute Gasteiger partial charge is 0.465 e. The third-order valence-corrected chi connectivity index (χ3v) is 2.53. The number of sulfone groups is 1. The first kappa shape index (κ1) is 11.4. The van der Waals surface area contributed by atoms with Gasteiger partial charge in [-0.05, 0) is 6.92 Å². The first-order valence-electron chi connectivity index (χ1n) is 3.48. The van der Waals surface area contributed by atoms with Crippen LogP contribution in [0.15, 0.2) is 0 Å². The molecule has 0 unspecified atom stereocenters. The second-order valence-corrected chi connectivity index (χ2v) is 4.30. The average Bonchev–Trinajstić information content (AvgIpc) is 1.85. The van der Waals surface area contributed by atoms with Crippen LogP contribution in [0.4, 0.5) is 0 Å². The number of aliphatic hydroxyl groups is 1. The fraction of sp³-hybridized carbons (Fsp3) is 0.833. The molecular formula is C6H12O5S. The van der Waals surface area contributed by atoms with Crippen LogP contribution >= 0.6 is 0 Å². The Labute approximate surface area is 71.3 Å². The highest BCUT2D eigenvalue weighted by Crippen LogP contribution is 1.91. The molecule has 1 N–H and O–H groups in total. The summed E-state index contributed by atoms with van der Waals surface area (Å²) in [5, 5.41) is 8.31. The van der Waals surface area contributed by atoms with Gasteiger partial charge in [0.05, 0.1) is 19.0 Å². The van der Waals surface area contributed by atoms with E-state index in [4.69, 9.17) is 5.11 Å². The van der Waals surface area contributed by atoms with Crippen molar-refractivity contribution in [3.63, 3.8) is 0 Å². The van der Waals surface area contributed by atoms with Crippen LogP contribution in [-0.4, -0.2) is 44.2 Å². The molecule has 0 radical (unpaired) electrons. The Balaban J connectivity index is 3.98. The van der Waals surface area contributed by atoms with Crippen molar-refractivity contribution in [1.82, 2.24) is 0 Å². The van der Waals surface area contributed by atoms with Gasteiger partial charge in [0.2, 0.25) is 0 Å². The highest BCUT2D eigenvalue weighted by atomic mass is 32.2. The predicted molar refractivity (Wildman–Crippen MR) is 42.4 cm³/mol. The zero-order valence-electron chi connectivity index (χ0n) is 6.82. The lowest BCUT2D eigenvalue weighted by atomic mass is 10.8. The summed E-state index contributed by atoms with van der Waals surface area (Å²) >= 11 is 0. The van der Waals surface area contributed by atoms with E-state index in [1.807, 2.05) is 0 Å². The van der Waals surface area contributed by atoms with Gasteiger partial charge in [0.25, 0.3) is 0 Å². The molecule has 0 aromatic carbocycles. The Bertz CT molecular complexity index is 230. The lowest BCUT2D eigenvalue weighted by Crippen LogP contribution is -2.22. The summed E-state index contributed by atoms with van der Waals surface area (Å²) in [6, 6.07) is 0. The molecular weight excluding hydrogens is 184 g/mol. The van der Waals surface area contributed by atoms with Crippen molar-refractivity contribution >= 4 is 15.8 Å². The van der Waals surface area contributed by atoms with Crippen molar-refractivity contribution in [2.24, 2.45) is 0 Å². The number of hydrogen-bond acceptors (Lipinski definition) is 5. The van der Waals surface area contributed by atoms with Crippen LogP contribution < -0.4 is 0 Å². The van der Waals surface area contributed by atoms with Crippen molar-refractivity contribution in [3.05, 3.63) is 0 Å². The zero-order chi connectivity index (χ0) is 9.61. The van der Waals surface area contributed by atoms with Gasteiger partial charge in [0, 0.05) is 0 Å². The van der Waals surface area contributed by atoms with Crippen molar-refractivity contribution in [1.29, 1.82) is 0 Å². The molecule has 5 nitrogen and oxygen atoms in total. The van der Waals surface area contributed by atoms with Crippen LogP contribution in [0.1, 0.15) is 6.92 Å². The number of ether oxygens (including phenoxy) is 1. The molecule has 0 aliphatic heterocycles. The summed E-state index contributed by atoms with van der Waals surface area (Å²) < 4.78 is 26.1.